The summed E-state index contributed by atoms with van der Waals surface area (Å²) in [5.74, 6) is 0.591. The van der Waals surface area contributed by atoms with E-state index in [4.69, 9.17) is 4.74 Å². The molecule has 0 atom stereocenters. The molecule has 0 fully saturated rings. The largest absolute Gasteiger partial charge is 0.472 e. The SMILES string of the molecule is CCN(C)C=Nc1cc(Br)c(OCc2ccccc2C)nc1C. The predicted molar refractivity (Wildman–Crippen MR) is 98.6 cm³/mol. The van der Waals surface area contributed by atoms with Crippen molar-refractivity contribution in [2.45, 2.75) is 27.4 Å². The zero-order valence-electron chi connectivity index (χ0n) is 14.0. The van der Waals surface area contributed by atoms with Gasteiger partial charge in [0.05, 0.1) is 22.2 Å². The molecule has 23 heavy (non-hydrogen) atoms. The summed E-state index contributed by atoms with van der Waals surface area (Å²) in [6, 6.07) is 10.1. The molecule has 0 N–H and O–H groups in total. The molecule has 1 aromatic carbocycles. The maximum absolute atomic E-state index is 5.87. The van der Waals surface area contributed by atoms with Gasteiger partial charge in [-0.15, -0.1) is 0 Å². The molecule has 1 aromatic heterocycles. The average Bonchev–Trinajstić information content (AvgIpc) is 2.54. The minimum absolute atomic E-state index is 0.499. The van der Waals surface area contributed by atoms with Gasteiger partial charge in [0, 0.05) is 13.6 Å². The number of nitrogens with zero attached hydrogens (tertiary/aromatic N) is 3. The van der Waals surface area contributed by atoms with E-state index in [0.29, 0.717) is 12.5 Å². The first-order valence-corrected chi connectivity index (χ1v) is 8.39. The van der Waals surface area contributed by atoms with Crippen LogP contribution in [0.1, 0.15) is 23.7 Å². The van der Waals surface area contributed by atoms with Gasteiger partial charge in [0.2, 0.25) is 5.88 Å². The lowest BCUT2D eigenvalue weighted by atomic mass is 10.1. The number of hydrogen-bond donors (Lipinski definition) is 0. The highest BCUT2D eigenvalue weighted by molar-refractivity contribution is 9.10. The second kappa shape index (κ2) is 8.11. The van der Waals surface area contributed by atoms with Gasteiger partial charge in [0.15, 0.2) is 0 Å². The van der Waals surface area contributed by atoms with E-state index in [1.807, 2.05) is 43.4 Å². The maximum atomic E-state index is 5.87. The van der Waals surface area contributed by atoms with Gasteiger partial charge in [-0.1, -0.05) is 24.3 Å². The molecule has 2 aromatic rings. The Bertz CT molecular complexity index is 701. The first-order chi connectivity index (χ1) is 11.0. The Morgan fingerprint density at radius 3 is 2.74 bits per heavy atom. The van der Waals surface area contributed by atoms with Gasteiger partial charge >= 0.3 is 0 Å². The molecule has 0 radical (unpaired) electrons. The van der Waals surface area contributed by atoms with Gasteiger partial charge in [-0.3, -0.25) is 0 Å². The Kier molecular flexibility index (Phi) is 6.16. The van der Waals surface area contributed by atoms with Crippen LogP contribution >= 0.6 is 15.9 Å². The van der Waals surface area contributed by atoms with Crippen LogP contribution in [0.4, 0.5) is 5.69 Å². The van der Waals surface area contributed by atoms with Crippen LogP contribution in [0.15, 0.2) is 39.8 Å². The molecule has 0 saturated heterocycles. The van der Waals surface area contributed by atoms with E-state index in [9.17, 15) is 0 Å². The second-order valence-corrected chi connectivity index (χ2v) is 6.27. The molecule has 5 heteroatoms. The molecule has 1 heterocycles. The van der Waals surface area contributed by atoms with Gasteiger partial charge in [0.1, 0.15) is 6.61 Å². The Labute approximate surface area is 146 Å². The third-order valence-corrected chi connectivity index (χ3v) is 4.19. The number of ether oxygens (including phenoxy) is 1. The summed E-state index contributed by atoms with van der Waals surface area (Å²) in [5, 5.41) is 0. The number of benzene rings is 1. The topological polar surface area (TPSA) is 37.7 Å². The highest BCUT2D eigenvalue weighted by atomic mass is 79.9. The van der Waals surface area contributed by atoms with Crippen molar-refractivity contribution < 1.29 is 4.74 Å². The van der Waals surface area contributed by atoms with Crippen molar-refractivity contribution >= 4 is 28.0 Å². The van der Waals surface area contributed by atoms with Crippen molar-refractivity contribution in [2.24, 2.45) is 4.99 Å². The maximum Gasteiger partial charge on any atom is 0.228 e. The smallest absolute Gasteiger partial charge is 0.228 e. The normalized spacial score (nSPS) is 11.0. The van der Waals surface area contributed by atoms with Crippen molar-refractivity contribution in [3.05, 3.63) is 51.6 Å². The second-order valence-electron chi connectivity index (χ2n) is 5.41. The third kappa shape index (κ3) is 4.79. The fourth-order valence-corrected chi connectivity index (χ4v) is 2.36. The van der Waals surface area contributed by atoms with Crippen LogP contribution in [-0.4, -0.2) is 29.8 Å². The lowest BCUT2D eigenvalue weighted by Gasteiger charge is -2.12. The van der Waals surface area contributed by atoms with Crippen molar-refractivity contribution in [3.8, 4) is 5.88 Å². The lowest BCUT2D eigenvalue weighted by Crippen LogP contribution is -2.14. The van der Waals surface area contributed by atoms with Crippen LogP contribution in [0.25, 0.3) is 0 Å². The summed E-state index contributed by atoms with van der Waals surface area (Å²) in [6.07, 6.45) is 1.81. The molecule has 0 spiro atoms. The molecular formula is C18H22BrN3O. The molecule has 0 unspecified atom stereocenters. The lowest BCUT2D eigenvalue weighted by molar-refractivity contribution is 0.290. The molecule has 122 valence electrons. The summed E-state index contributed by atoms with van der Waals surface area (Å²) in [5.41, 5.74) is 4.05. The van der Waals surface area contributed by atoms with Gasteiger partial charge in [-0.05, 0) is 53.9 Å². The number of rotatable bonds is 6. The molecule has 0 aliphatic rings. The molecule has 4 nitrogen and oxygen atoms in total. The van der Waals surface area contributed by atoms with Crippen LogP contribution in [0.2, 0.25) is 0 Å². The van der Waals surface area contributed by atoms with Crippen molar-refractivity contribution in [1.29, 1.82) is 0 Å². The minimum atomic E-state index is 0.499. The predicted octanol–water partition coefficient (Wildman–Crippen LogP) is 4.65. The van der Waals surface area contributed by atoms with E-state index >= 15 is 0 Å². The van der Waals surface area contributed by atoms with Gasteiger partial charge < -0.3 is 9.64 Å². The molecule has 0 saturated carbocycles. The first kappa shape index (κ1) is 17.5. The number of hydrogen-bond acceptors (Lipinski definition) is 3. The number of halogens is 1. The van der Waals surface area contributed by atoms with E-state index in [-0.39, 0.29) is 0 Å². The van der Waals surface area contributed by atoms with Crippen molar-refractivity contribution in [3.63, 3.8) is 0 Å². The molecular weight excluding hydrogens is 354 g/mol. The number of aliphatic imine (C=N–C) groups is 1. The minimum Gasteiger partial charge on any atom is -0.472 e. The quantitative estimate of drug-likeness (QED) is 0.544. The van der Waals surface area contributed by atoms with Gasteiger partial charge in [-0.2, -0.15) is 0 Å². The standard InChI is InChI=1S/C18H22BrN3O/c1-5-22(4)12-20-17-10-16(19)18(21-14(17)3)23-11-15-9-7-6-8-13(15)2/h6-10,12H,5,11H2,1-4H3. The fourth-order valence-electron chi connectivity index (χ4n) is 1.94. The van der Waals surface area contributed by atoms with Crippen LogP contribution in [-0.2, 0) is 6.61 Å². The van der Waals surface area contributed by atoms with E-state index in [2.05, 4.69) is 51.9 Å². The van der Waals surface area contributed by atoms with Gasteiger partial charge in [-0.25, -0.2) is 9.98 Å². The summed E-state index contributed by atoms with van der Waals surface area (Å²) in [4.78, 5) is 11.0. The molecule has 0 aliphatic carbocycles. The number of aryl methyl sites for hydroxylation is 2. The number of pyridine rings is 1. The molecule has 0 bridgehead atoms. The Balaban J connectivity index is 2.14. The monoisotopic (exact) mass is 375 g/mol. The van der Waals surface area contributed by atoms with Crippen LogP contribution in [0.5, 0.6) is 5.88 Å². The molecule has 0 aliphatic heterocycles. The fraction of sp³-hybridized carbons (Fsp3) is 0.333. The van der Waals surface area contributed by atoms with E-state index in [1.54, 1.807) is 0 Å². The average molecular weight is 376 g/mol. The van der Waals surface area contributed by atoms with Crippen LogP contribution in [0, 0.1) is 13.8 Å². The van der Waals surface area contributed by atoms with Crippen LogP contribution in [0.3, 0.4) is 0 Å². The first-order valence-electron chi connectivity index (χ1n) is 7.60. The highest BCUT2D eigenvalue weighted by Crippen LogP contribution is 2.30. The Morgan fingerprint density at radius 2 is 2.04 bits per heavy atom. The van der Waals surface area contributed by atoms with E-state index < -0.39 is 0 Å². The summed E-state index contributed by atoms with van der Waals surface area (Å²) >= 11 is 3.52. The summed E-state index contributed by atoms with van der Waals surface area (Å²) in [6.45, 7) is 7.50. The Morgan fingerprint density at radius 1 is 1.30 bits per heavy atom. The van der Waals surface area contributed by atoms with Gasteiger partial charge in [0.25, 0.3) is 0 Å². The highest BCUT2D eigenvalue weighted by Gasteiger charge is 2.09. The zero-order chi connectivity index (χ0) is 16.8. The zero-order valence-corrected chi connectivity index (χ0v) is 15.6. The third-order valence-electron chi connectivity index (χ3n) is 3.63. The van der Waals surface area contributed by atoms with Crippen molar-refractivity contribution in [1.82, 2.24) is 9.88 Å². The van der Waals surface area contributed by atoms with Crippen molar-refractivity contribution in [2.75, 3.05) is 13.6 Å². The summed E-state index contributed by atoms with van der Waals surface area (Å²) < 4.78 is 6.67. The number of aromatic nitrogens is 1. The molecule has 2 rings (SSSR count). The molecule has 0 amide bonds. The summed E-state index contributed by atoms with van der Waals surface area (Å²) in [7, 11) is 1.99. The van der Waals surface area contributed by atoms with E-state index in [0.717, 1.165) is 28.0 Å². The van der Waals surface area contributed by atoms with E-state index in [1.165, 1.54) is 5.56 Å². The Hall–Kier alpha value is -1.88. The van der Waals surface area contributed by atoms with Crippen LogP contribution < -0.4 is 4.74 Å².